The van der Waals surface area contributed by atoms with Crippen LogP contribution in [-0.2, 0) is 22.7 Å². The van der Waals surface area contributed by atoms with Crippen LogP contribution in [0.3, 0.4) is 0 Å². The first kappa shape index (κ1) is 25.2. The molecule has 3 amide bonds. The number of nitrogens with zero attached hydrogens (tertiary/aromatic N) is 4. The van der Waals surface area contributed by atoms with Crippen LogP contribution >= 0.6 is 0 Å². The van der Waals surface area contributed by atoms with Crippen molar-refractivity contribution in [3.8, 4) is 0 Å². The van der Waals surface area contributed by atoms with E-state index in [-0.39, 0.29) is 37.2 Å². The maximum Gasteiger partial charge on any atom is 0.255 e. The van der Waals surface area contributed by atoms with Crippen molar-refractivity contribution in [2.45, 2.75) is 50.9 Å². The fourth-order valence-corrected chi connectivity index (χ4v) is 5.95. The number of hydrogen-bond acceptors (Lipinski definition) is 6. The summed E-state index contributed by atoms with van der Waals surface area (Å²) in [5.41, 5.74) is 2.68. The Labute approximate surface area is 226 Å². The molecular weight excluding hydrogens is 497 g/mol. The molecule has 1 aromatic heterocycles. The zero-order valence-electron chi connectivity index (χ0n) is 21.6. The third-order valence-electron chi connectivity index (χ3n) is 7.94. The van der Waals surface area contributed by atoms with Gasteiger partial charge < -0.3 is 9.80 Å². The van der Waals surface area contributed by atoms with Crippen LogP contribution in [0.4, 0.5) is 15.9 Å². The number of anilines is 2. The molecule has 2 saturated heterocycles. The minimum Gasteiger partial charge on any atom is -0.323 e. The Hall–Kier alpha value is -4.11. The number of piperidine rings is 2. The Morgan fingerprint density at radius 2 is 1.74 bits per heavy atom. The first-order valence-electron chi connectivity index (χ1n) is 13.4. The number of aromatic nitrogens is 1. The molecule has 0 aliphatic carbocycles. The smallest absolute Gasteiger partial charge is 0.255 e. The van der Waals surface area contributed by atoms with Crippen molar-refractivity contribution in [3.63, 3.8) is 0 Å². The molecule has 1 unspecified atom stereocenters. The number of amides is 3. The molecule has 2 fully saturated rings. The molecule has 1 N–H and O–H groups in total. The minimum absolute atomic E-state index is 0.189. The molecule has 9 heteroatoms. The molecule has 0 bridgehead atoms. The summed E-state index contributed by atoms with van der Waals surface area (Å²) in [6.07, 6.45) is 4.09. The molecule has 3 aliphatic heterocycles. The van der Waals surface area contributed by atoms with Gasteiger partial charge in [0.05, 0.1) is 0 Å². The van der Waals surface area contributed by atoms with Gasteiger partial charge in [-0.15, -0.1) is 0 Å². The van der Waals surface area contributed by atoms with E-state index in [1.807, 2.05) is 42.6 Å². The second kappa shape index (κ2) is 10.6. The fourth-order valence-electron chi connectivity index (χ4n) is 5.95. The van der Waals surface area contributed by atoms with Crippen LogP contribution in [0.25, 0.3) is 0 Å². The molecule has 200 valence electrons. The molecular formula is C30H30FN5O3. The molecule has 6 rings (SSSR count). The second-order valence-corrected chi connectivity index (χ2v) is 10.4. The number of carbonyl (C=O) groups excluding carboxylic acids is 3. The highest BCUT2D eigenvalue weighted by Gasteiger charge is 2.39. The molecule has 3 aromatic rings. The van der Waals surface area contributed by atoms with E-state index in [2.05, 4.69) is 32.2 Å². The van der Waals surface area contributed by atoms with Gasteiger partial charge in [0.1, 0.15) is 17.7 Å². The normalized spacial score (nSPS) is 20.2. The summed E-state index contributed by atoms with van der Waals surface area (Å²) in [6.45, 7) is 2.30. The van der Waals surface area contributed by atoms with Gasteiger partial charge >= 0.3 is 0 Å². The Morgan fingerprint density at radius 3 is 2.46 bits per heavy atom. The summed E-state index contributed by atoms with van der Waals surface area (Å²) in [5.74, 6) is -0.650. The zero-order chi connectivity index (χ0) is 26.9. The van der Waals surface area contributed by atoms with E-state index < -0.39 is 17.8 Å². The maximum atomic E-state index is 15.2. The number of rotatable bonds is 6. The summed E-state index contributed by atoms with van der Waals surface area (Å²) >= 11 is 0. The number of benzene rings is 2. The largest absolute Gasteiger partial charge is 0.323 e. The van der Waals surface area contributed by atoms with Crippen LogP contribution in [0.2, 0.25) is 0 Å². The number of carbonyl (C=O) groups is 3. The van der Waals surface area contributed by atoms with Gasteiger partial charge in [-0.1, -0.05) is 24.3 Å². The van der Waals surface area contributed by atoms with Gasteiger partial charge in [0.2, 0.25) is 11.8 Å². The van der Waals surface area contributed by atoms with Crippen molar-refractivity contribution >= 4 is 29.2 Å². The van der Waals surface area contributed by atoms with E-state index in [1.54, 1.807) is 6.07 Å². The van der Waals surface area contributed by atoms with E-state index in [0.29, 0.717) is 17.7 Å². The summed E-state index contributed by atoms with van der Waals surface area (Å²) in [6, 6.07) is 18.8. The van der Waals surface area contributed by atoms with Crippen LogP contribution in [0.15, 0.2) is 66.9 Å². The lowest BCUT2D eigenvalue weighted by atomic mass is 10.00. The molecule has 0 radical (unpaired) electrons. The van der Waals surface area contributed by atoms with Crippen LogP contribution in [0.5, 0.6) is 0 Å². The van der Waals surface area contributed by atoms with Gasteiger partial charge in [-0.2, -0.15) is 0 Å². The molecule has 0 saturated carbocycles. The number of nitrogens with one attached hydrogen (secondary N) is 1. The van der Waals surface area contributed by atoms with Crippen molar-refractivity contribution in [2.24, 2.45) is 0 Å². The van der Waals surface area contributed by atoms with Crippen molar-refractivity contribution in [1.29, 1.82) is 0 Å². The Bertz CT molecular complexity index is 1350. The average molecular weight is 528 g/mol. The maximum absolute atomic E-state index is 15.2. The summed E-state index contributed by atoms with van der Waals surface area (Å²) in [5, 5.41) is 2.30. The first-order valence-corrected chi connectivity index (χ1v) is 13.4. The fraction of sp³-hybridized carbons (Fsp3) is 0.333. The van der Waals surface area contributed by atoms with Gasteiger partial charge in [0.15, 0.2) is 0 Å². The topological polar surface area (TPSA) is 85.9 Å². The van der Waals surface area contributed by atoms with Gasteiger partial charge in [0.25, 0.3) is 5.91 Å². The van der Waals surface area contributed by atoms with Crippen LogP contribution < -0.4 is 10.2 Å². The number of pyridine rings is 1. The Balaban J connectivity index is 1.14. The number of likely N-dealkylation sites (tertiary alicyclic amines) is 1. The predicted molar refractivity (Wildman–Crippen MR) is 144 cm³/mol. The lowest BCUT2D eigenvalue weighted by Crippen LogP contribution is -2.52. The van der Waals surface area contributed by atoms with Crippen LogP contribution in [0, 0.1) is 5.82 Å². The van der Waals surface area contributed by atoms with E-state index >= 15 is 4.39 Å². The quantitative estimate of drug-likeness (QED) is 0.491. The highest BCUT2D eigenvalue weighted by Crippen LogP contribution is 2.33. The monoisotopic (exact) mass is 527 g/mol. The third kappa shape index (κ3) is 5.02. The predicted octanol–water partition coefficient (Wildman–Crippen LogP) is 3.78. The number of para-hydroxylation sites is 1. The van der Waals surface area contributed by atoms with Crippen molar-refractivity contribution in [3.05, 3.63) is 89.4 Å². The molecule has 39 heavy (non-hydrogen) atoms. The Morgan fingerprint density at radius 1 is 0.974 bits per heavy atom. The minimum atomic E-state index is -0.709. The summed E-state index contributed by atoms with van der Waals surface area (Å²) in [4.78, 5) is 47.4. The zero-order valence-corrected chi connectivity index (χ0v) is 21.6. The van der Waals surface area contributed by atoms with Gasteiger partial charge in [-0.3, -0.25) is 24.6 Å². The number of imide groups is 1. The second-order valence-electron chi connectivity index (χ2n) is 10.4. The summed E-state index contributed by atoms with van der Waals surface area (Å²) in [7, 11) is 0. The number of hydrogen-bond donors (Lipinski definition) is 1. The van der Waals surface area contributed by atoms with Crippen LogP contribution in [0.1, 0.15) is 47.2 Å². The van der Waals surface area contributed by atoms with Gasteiger partial charge in [-0.05, 0) is 61.2 Å². The third-order valence-corrected chi connectivity index (χ3v) is 7.94. The van der Waals surface area contributed by atoms with E-state index in [4.69, 9.17) is 0 Å². The average Bonchev–Trinajstić information content (AvgIpc) is 3.26. The Kier molecular flexibility index (Phi) is 6.83. The highest BCUT2D eigenvalue weighted by molar-refractivity contribution is 6.05. The van der Waals surface area contributed by atoms with Crippen molar-refractivity contribution < 1.29 is 18.8 Å². The van der Waals surface area contributed by atoms with Crippen molar-refractivity contribution in [2.75, 3.05) is 18.0 Å². The van der Waals surface area contributed by atoms with Crippen molar-refractivity contribution in [1.82, 2.24) is 20.1 Å². The van der Waals surface area contributed by atoms with Gasteiger partial charge in [-0.25, -0.2) is 9.37 Å². The number of halogens is 1. The molecule has 0 spiro atoms. The molecule has 2 aromatic carbocycles. The molecule has 8 nitrogen and oxygen atoms in total. The standard InChI is InChI=1S/C30H30FN5O3/c31-25-17-24-20(19-35(30(24)39)26-9-10-28(37)33-29(26)38)16-21(25)18-34-14-11-23(12-15-34)36(22-6-2-1-3-7-22)27-8-4-5-13-32-27/h1-8,13,16-17,23,26H,9-12,14-15,18-19H2,(H,33,37,38). The SMILES string of the molecule is O=C1CCC(N2Cc3cc(CN4CCC(N(c5ccccc5)c5ccccn5)CC4)c(F)cc3C2=O)C(=O)N1. The molecule has 4 heterocycles. The summed E-state index contributed by atoms with van der Waals surface area (Å²) < 4.78 is 15.2. The van der Waals surface area contributed by atoms with Gasteiger partial charge in [0, 0.05) is 61.7 Å². The lowest BCUT2D eigenvalue weighted by Gasteiger charge is -2.39. The van der Waals surface area contributed by atoms with E-state index in [0.717, 1.165) is 43.0 Å². The van der Waals surface area contributed by atoms with E-state index in [1.165, 1.54) is 11.0 Å². The van der Waals surface area contributed by atoms with E-state index in [9.17, 15) is 14.4 Å². The highest BCUT2D eigenvalue weighted by atomic mass is 19.1. The molecule has 1 atom stereocenters. The molecule has 3 aliphatic rings. The first-order chi connectivity index (χ1) is 19.0. The van der Waals surface area contributed by atoms with Crippen LogP contribution in [-0.4, -0.2) is 57.7 Å². The number of fused-ring (bicyclic) bond motifs is 1. The lowest BCUT2D eigenvalue weighted by molar-refractivity contribution is -0.136.